The minimum Gasteiger partial charge on any atom is -0.305 e. The molecule has 0 spiro atoms. The molecule has 108 valence electrons. The van der Waals surface area contributed by atoms with Crippen LogP contribution < -0.4 is 5.32 Å². The minimum absolute atomic E-state index is 0.264. The zero-order valence-electron chi connectivity index (χ0n) is 12.0. The smallest absolute Gasteiger partial charge is 0.0739 e. The second kappa shape index (κ2) is 6.74. The van der Waals surface area contributed by atoms with Crippen LogP contribution in [0.2, 0.25) is 5.02 Å². The van der Waals surface area contributed by atoms with Gasteiger partial charge in [-0.3, -0.25) is 4.68 Å². The Labute approximate surface area is 133 Å². The van der Waals surface area contributed by atoms with E-state index in [2.05, 4.69) is 52.3 Å². The molecule has 2 rings (SSSR count). The summed E-state index contributed by atoms with van der Waals surface area (Å²) in [4.78, 5) is 0. The maximum absolute atomic E-state index is 5.91. The molecule has 2 aromatic rings. The third-order valence-electron chi connectivity index (χ3n) is 3.40. The molecule has 0 amide bonds. The van der Waals surface area contributed by atoms with E-state index < -0.39 is 0 Å². The second-order valence-electron chi connectivity index (χ2n) is 4.82. The summed E-state index contributed by atoms with van der Waals surface area (Å²) in [5.41, 5.74) is 3.44. The lowest BCUT2D eigenvalue weighted by molar-refractivity contribution is 0.530. The van der Waals surface area contributed by atoms with Crippen molar-refractivity contribution in [1.82, 2.24) is 15.1 Å². The Kier molecular flexibility index (Phi) is 5.24. The Hall–Kier alpha value is -0.840. The molecule has 0 aliphatic rings. The number of halogens is 2. The summed E-state index contributed by atoms with van der Waals surface area (Å²) in [7, 11) is 0. The van der Waals surface area contributed by atoms with Crippen molar-refractivity contribution in [3.63, 3.8) is 0 Å². The zero-order chi connectivity index (χ0) is 14.7. The van der Waals surface area contributed by atoms with Gasteiger partial charge in [-0.25, -0.2) is 0 Å². The van der Waals surface area contributed by atoms with Crippen LogP contribution in [0.1, 0.15) is 36.8 Å². The molecule has 1 atom stereocenters. The molecule has 20 heavy (non-hydrogen) atoms. The lowest BCUT2D eigenvalue weighted by atomic mass is 10.1. The predicted octanol–water partition coefficient (Wildman–Crippen LogP) is 4.48. The summed E-state index contributed by atoms with van der Waals surface area (Å²) >= 11 is 9.53. The van der Waals surface area contributed by atoms with E-state index in [-0.39, 0.29) is 6.04 Å². The van der Waals surface area contributed by atoms with Gasteiger partial charge in [-0.2, -0.15) is 5.10 Å². The Morgan fingerprint density at radius 3 is 2.60 bits per heavy atom. The van der Waals surface area contributed by atoms with Crippen molar-refractivity contribution in [2.24, 2.45) is 0 Å². The normalized spacial score (nSPS) is 12.7. The molecule has 0 aliphatic carbocycles. The molecule has 1 unspecified atom stereocenters. The maximum atomic E-state index is 5.91. The van der Waals surface area contributed by atoms with Gasteiger partial charge in [0.2, 0.25) is 0 Å². The van der Waals surface area contributed by atoms with E-state index in [4.69, 9.17) is 11.6 Å². The first-order valence-corrected chi connectivity index (χ1v) is 7.90. The van der Waals surface area contributed by atoms with Crippen molar-refractivity contribution < 1.29 is 0 Å². The van der Waals surface area contributed by atoms with Crippen LogP contribution >= 0.6 is 27.5 Å². The average Bonchev–Trinajstić information content (AvgIpc) is 2.72. The number of nitrogens with zero attached hydrogens (tertiary/aromatic N) is 2. The number of rotatable bonds is 5. The lowest BCUT2D eigenvalue weighted by Gasteiger charge is -2.15. The van der Waals surface area contributed by atoms with E-state index in [0.29, 0.717) is 0 Å². The van der Waals surface area contributed by atoms with Crippen molar-refractivity contribution in [1.29, 1.82) is 0 Å². The number of benzene rings is 1. The second-order valence-corrected chi connectivity index (χ2v) is 6.05. The molecular formula is C15H19BrClN3. The summed E-state index contributed by atoms with van der Waals surface area (Å²) in [6.07, 6.45) is 0. The standard InChI is InChI=1S/C15H19BrClN3/c1-4-20-14(15(16)11(3)19-20)9-18-10(2)12-5-7-13(17)8-6-12/h5-8,10,18H,4,9H2,1-3H3. The number of aryl methyl sites for hydroxylation is 2. The van der Waals surface area contributed by atoms with Crippen LogP contribution in [0, 0.1) is 6.92 Å². The fraction of sp³-hybridized carbons (Fsp3) is 0.400. The molecule has 1 N–H and O–H groups in total. The van der Waals surface area contributed by atoms with Gasteiger partial charge in [0.15, 0.2) is 0 Å². The highest BCUT2D eigenvalue weighted by atomic mass is 79.9. The third-order valence-corrected chi connectivity index (χ3v) is 4.68. The Bertz CT molecular complexity index is 578. The summed E-state index contributed by atoms with van der Waals surface area (Å²) < 4.78 is 3.12. The molecule has 0 radical (unpaired) electrons. The van der Waals surface area contributed by atoms with Gasteiger partial charge in [-0.15, -0.1) is 0 Å². The van der Waals surface area contributed by atoms with Crippen LogP contribution in [0.4, 0.5) is 0 Å². The fourth-order valence-electron chi connectivity index (χ4n) is 2.16. The van der Waals surface area contributed by atoms with Crippen LogP contribution in [0.3, 0.4) is 0 Å². The highest BCUT2D eigenvalue weighted by Crippen LogP contribution is 2.22. The van der Waals surface area contributed by atoms with Crippen LogP contribution in [0.25, 0.3) is 0 Å². The first-order valence-electron chi connectivity index (χ1n) is 6.73. The number of aromatic nitrogens is 2. The van der Waals surface area contributed by atoms with Gasteiger partial charge >= 0.3 is 0 Å². The molecule has 0 saturated carbocycles. The van der Waals surface area contributed by atoms with Gasteiger partial charge in [-0.05, 0) is 54.4 Å². The molecule has 1 aromatic carbocycles. The molecule has 1 heterocycles. The third kappa shape index (κ3) is 3.43. The molecule has 3 nitrogen and oxygen atoms in total. The molecule has 5 heteroatoms. The zero-order valence-corrected chi connectivity index (χ0v) is 14.3. The van der Waals surface area contributed by atoms with Crippen LogP contribution in [-0.4, -0.2) is 9.78 Å². The summed E-state index contributed by atoms with van der Waals surface area (Å²) in [5, 5.41) is 8.80. The van der Waals surface area contributed by atoms with Gasteiger partial charge < -0.3 is 5.32 Å². The van der Waals surface area contributed by atoms with Crippen molar-refractivity contribution in [3.8, 4) is 0 Å². The summed E-state index contributed by atoms with van der Waals surface area (Å²) in [6.45, 7) is 7.92. The molecule has 0 bridgehead atoms. The SMILES string of the molecule is CCn1nc(C)c(Br)c1CNC(C)c1ccc(Cl)cc1. The summed E-state index contributed by atoms with van der Waals surface area (Å²) in [5.74, 6) is 0. The van der Waals surface area contributed by atoms with Crippen molar-refractivity contribution in [2.45, 2.75) is 39.9 Å². The monoisotopic (exact) mass is 355 g/mol. The van der Waals surface area contributed by atoms with E-state index >= 15 is 0 Å². The highest BCUT2D eigenvalue weighted by Gasteiger charge is 2.13. The van der Waals surface area contributed by atoms with Crippen molar-refractivity contribution in [2.75, 3.05) is 0 Å². The quantitative estimate of drug-likeness (QED) is 0.856. The van der Waals surface area contributed by atoms with E-state index in [0.717, 1.165) is 28.3 Å². The minimum atomic E-state index is 0.264. The van der Waals surface area contributed by atoms with Crippen molar-refractivity contribution in [3.05, 3.63) is 50.7 Å². The number of nitrogens with one attached hydrogen (secondary N) is 1. The number of hydrogen-bond acceptors (Lipinski definition) is 2. The number of hydrogen-bond donors (Lipinski definition) is 1. The van der Waals surface area contributed by atoms with E-state index in [1.807, 2.05) is 23.7 Å². The molecular weight excluding hydrogens is 338 g/mol. The van der Waals surface area contributed by atoms with E-state index in [1.54, 1.807) is 0 Å². The lowest BCUT2D eigenvalue weighted by Crippen LogP contribution is -2.20. The van der Waals surface area contributed by atoms with Crippen LogP contribution in [0.5, 0.6) is 0 Å². The van der Waals surface area contributed by atoms with E-state index in [1.165, 1.54) is 11.3 Å². The average molecular weight is 357 g/mol. The maximum Gasteiger partial charge on any atom is 0.0739 e. The fourth-order valence-corrected chi connectivity index (χ4v) is 2.71. The van der Waals surface area contributed by atoms with Crippen LogP contribution in [-0.2, 0) is 13.1 Å². The highest BCUT2D eigenvalue weighted by molar-refractivity contribution is 9.10. The van der Waals surface area contributed by atoms with E-state index in [9.17, 15) is 0 Å². The first-order chi connectivity index (χ1) is 9.52. The first kappa shape index (κ1) is 15.5. The van der Waals surface area contributed by atoms with Gasteiger partial charge in [0, 0.05) is 24.2 Å². The largest absolute Gasteiger partial charge is 0.305 e. The molecule has 0 saturated heterocycles. The van der Waals surface area contributed by atoms with Gasteiger partial charge in [-0.1, -0.05) is 23.7 Å². The summed E-state index contributed by atoms with van der Waals surface area (Å²) in [6, 6.07) is 8.21. The topological polar surface area (TPSA) is 29.9 Å². The Balaban J connectivity index is 2.07. The van der Waals surface area contributed by atoms with Gasteiger partial charge in [0.1, 0.15) is 0 Å². The van der Waals surface area contributed by atoms with Crippen LogP contribution in [0.15, 0.2) is 28.7 Å². The van der Waals surface area contributed by atoms with Gasteiger partial charge in [0.05, 0.1) is 15.9 Å². The predicted molar refractivity (Wildman–Crippen MR) is 87.0 cm³/mol. The molecule has 0 fully saturated rings. The molecule has 0 aliphatic heterocycles. The van der Waals surface area contributed by atoms with Gasteiger partial charge in [0.25, 0.3) is 0 Å². The Morgan fingerprint density at radius 1 is 1.35 bits per heavy atom. The molecule has 1 aromatic heterocycles. The Morgan fingerprint density at radius 2 is 2.00 bits per heavy atom. The van der Waals surface area contributed by atoms with Crippen molar-refractivity contribution >= 4 is 27.5 Å².